The maximum Gasteiger partial charge on any atom is 0.417 e. The van der Waals surface area contributed by atoms with E-state index in [2.05, 4.69) is 11.4 Å². The van der Waals surface area contributed by atoms with Gasteiger partial charge in [-0.25, -0.2) is 8.42 Å². The van der Waals surface area contributed by atoms with Crippen LogP contribution in [0.2, 0.25) is 0 Å². The molecule has 0 bridgehead atoms. The molecule has 0 spiro atoms. The smallest absolute Gasteiger partial charge is 0.374 e. The first-order valence-electron chi connectivity index (χ1n) is 10.8. The quantitative estimate of drug-likeness (QED) is 0.683. The van der Waals surface area contributed by atoms with Crippen LogP contribution in [-0.4, -0.2) is 37.3 Å². The topological polar surface area (TPSA) is 96.3 Å². The van der Waals surface area contributed by atoms with Crippen molar-refractivity contribution in [3.8, 4) is 6.07 Å². The molecule has 1 N–H and O–H groups in total. The molecule has 174 valence electrons. The number of hydrogen-bond donors (Lipinski definition) is 1. The highest BCUT2D eigenvalue weighted by Crippen LogP contribution is 2.42. The van der Waals surface area contributed by atoms with Crippen LogP contribution in [0.4, 0.5) is 13.2 Å². The average molecular weight is 471 g/mol. The zero-order chi connectivity index (χ0) is 23.1. The molecule has 0 saturated heterocycles. The Bertz CT molecular complexity index is 1020. The predicted molar refractivity (Wildman–Crippen MR) is 108 cm³/mol. The van der Waals surface area contributed by atoms with Crippen LogP contribution in [0.3, 0.4) is 0 Å². The van der Waals surface area contributed by atoms with E-state index >= 15 is 0 Å². The maximum absolute atomic E-state index is 13.5. The van der Waals surface area contributed by atoms with Crippen molar-refractivity contribution in [2.75, 3.05) is 0 Å². The summed E-state index contributed by atoms with van der Waals surface area (Å²) in [5.41, 5.74) is -2.13. The number of amides is 1. The summed E-state index contributed by atoms with van der Waals surface area (Å²) in [6.07, 6.45) is -1.20. The summed E-state index contributed by atoms with van der Waals surface area (Å²) >= 11 is 0. The summed E-state index contributed by atoms with van der Waals surface area (Å²) in [7, 11) is -4.36. The number of nitrogens with zero attached hydrogens (tertiary/aromatic N) is 1. The molecule has 0 aliphatic heterocycles. The van der Waals surface area contributed by atoms with Crippen molar-refractivity contribution in [1.82, 2.24) is 5.32 Å². The van der Waals surface area contributed by atoms with Crippen LogP contribution in [0.15, 0.2) is 29.2 Å². The molecule has 3 aliphatic rings. The Morgan fingerprint density at radius 1 is 1.16 bits per heavy atom. The van der Waals surface area contributed by atoms with Crippen molar-refractivity contribution in [1.29, 1.82) is 5.26 Å². The molecular formula is C22H25F3N2O4S. The number of nitrogens with one attached hydrogen (secondary N) is 1. The maximum atomic E-state index is 13.5. The highest BCUT2D eigenvalue weighted by Gasteiger charge is 2.51. The van der Waals surface area contributed by atoms with Crippen LogP contribution >= 0.6 is 0 Å². The van der Waals surface area contributed by atoms with Crippen LogP contribution in [0.5, 0.6) is 0 Å². The lowest BCUT2D eigenvalue weighted by molar-refractivity contribution is -0.140. The van der Waals surface area contributed by atoms with E-state index in [9.17, 15) is 31.6 Å². The highest BCUT2D eigenvalue weighted by molar-refractivity contribution is 7.92. The van der Waals surface area contributed by atoms with Gasteiger partial charge in [0.1, 0.15) is 5.54 Å². The minimum Gasteiger partial charge on any atom is -0.374 e. The highest BCUT2D eigenvalue weighted by atomic mass is 32.2. The summed E-state index contributed by atoms with van der Waals surface area (Å²) in [5, 5.41) is 10.8. The van der Waals surface area contributed by atoms with Gasteiger partial charge in [0.25, 0.3) is 0 Å². The van der Waals surface area contributed by atoms with Gasteiger partial charge in [-0.1, -0.05) is 25.0 Å². The third kappa shape index (κ3) is 4.50. The molecule has 3 saturated carbocycles. The van der Waals surface area contributed by atoms with E-state index < -0.39 is 55.2 Å². The third-order valence-electron chi connectivity index (χ3n) is 6.73. The van der Waals surface area contributed by atoms with E-state index in [0.717, 1.165) is 43.9 Å². The molecule has 1 amide bonds. The molecule has 0 aromatic heterocycles. The minimum absolute atomic E-state index is 0.0529. The number of rotatable bonds is 6. The fourth-order valence-electron chi connectivity index (χ4n) is 4.75. The Labute approximate surface area is 185 Å². The lowest BCUT2D eigenvalue weighted by Gasteiger charge is -2.24. The number of sulfone groups is 1. The summed E-state index contributed by atoms with van der Waals surface area (Å²) in [6.45, 7) is 0. The predicted octanol–water partition coefficient (Wildman–Crippen LogP) is 3.76. The molecule has 0 heterocycles. The van der Waals surface area contributed by atoms with Gasteiger partial charge < -0.3 is 10.1 Å². The molecule has 10 heteroatoms. The van der Waals surface area contributed by atoms with Crippen molar-refractivity contribution in [3.63, 3.8) is 0 Å². The number of benzene rings is 1. The van der Waals surface area contributed by atoms with Crippen LogP contribution in [-0.2, 0) is 25.5 Å². The van der Waals surface area contributed by atoms with Crippen molar-refractivity contribution >= 4 is 15.7 Å². The fraction of sp³-hybridized carbons (Fsp3) is 0.636. The lowest BCUT2D eigenvalue weighted by Crippen LogP contribution is -2.43. The Morgan fingerprint density at radius 3 is 2.41 bits per heavy atom. The van der Waals surface area contributed by atoms with Crippen molar-refractivity contribution < 1.29 is 31.1 Å². The standard InChI is InChI=1S/C22H25F3N2O4S/c23-22(24,25)17-7-3-4-8-19(17)32(29,30)15-11-16(20(28)27-21(13-26)9-10-21)18(12-15)31-14-5-1-2-6-14/h3-4,7-8,14-16,18H,1-2,5-6,9-12H2,(H,27,28)/t15?,16-,18-/m1/s1. The van der Waals surface area contributed by atoms with Gasteiger partial charge in [0.05, 0.1) is 39.9 Å². The number of nitriles is 1. The number of hydrogen-bond acceptors (Lipinski definition) is 5. The zero-order valence-electron chi connectivity index (χ0n) is 17.4. The molecule has 32 heavy (non-hydrogen) atoms. The van der Waals surface area contributed by atoms with Crippen molar-refractivity contribution in [2.45, 2.75) is 85.4 Å². The molecular weight excluding hydrogens is 445 g/mol. The summed E-state index contributed by atoms with van der Waals surface area (Å²) in [5.74, 6) is -1.30. The number of ether oxygens (including phenoxy) is 1. The lowest BCUT2D eigenvalue weighted by atomic mass is 10.0. The van der Waals surface area contributed by atoms with Crippen molar-refractivity contribution in [3.05, 3.63) is 29.8 Å². The molecule has 0 radical (unpaired) electrons. The van der Waals surface area contributed by atoms with Crippen LogP contribution in [0.25, 0.3) is 0 Å². The SMILES string of the molecule is N#CC1(NC(=O)[C@@H]2CC(S(=O)(=O)c3ccccc3C(F)(F)F)C[C@H]2OC2CCCC2)CC1. The van der Waals surface area contributed by atoms with E-state index in [1.165, 1.54) is 6.07 Å². The minimum atomic E-state index is -4.82. The van der Waals surface area contributed by atoms with E-state index in [0.29, 0.717) is 12.8 Å². The Hall–Kier alpha value is -2.12. The number of halogens is 3. The third-order valence-corrected chi connectivity index (χ3v) is 8.96. The molecule has 4 rings (SSSR count). The van der Waals surface area contributed by atoms with Crippen LogP contribution < -0.4 is 5.32 Å². The Morgan fingerprint density at radius 2 is 1.81 bits per heavy atom. The first-order chi connectivity index (χ1) is 15.1. The number of carbonyl (C=O) groups excluding carboxylic acids is 1. The van der Waals surface area contributed by atoms with Crippen LogP contribution in [0, 0.1) is 17.2 Å². The van der Waals surface area contributed by atoms with Gasteiger partial charge in [0, 0.05) is 0 Å². The molecule has 1 aromatic rings. The van der Waals surface area contributed by atoms with Crippen molar-refractivity contribution in [2.24, 2.45) is 5.92 Å². The van der Waals surface area contributed by atoms with E-state index in [1.54, 1.807) is 0 Å². The summed E-state index contributed by atoms with van der Waals surface area (Å²) < 4.78 is 73.0. The normalized spacial score (nSPS) is 27.8. The zero-order valence-corrected chi connectivity index (χ0v) is 18.2. The second-order valence-electron chi connectivity index (χ2n) is 9.00. The summed E-state index contributed by atoms with van der Waals surface area (Å²) in [4.78, 5) is 12.2. The van der Waals surface area contributed by atoms with Gasteiger partial charge in [-0.15, -0.1) is 0 Å². The molecule has 6 nitrogen and oxygen atoms in total. The first kappa shape index (κ1) is 23.1. The Balaban J connectivity index is 1.61. The van der Waals surface area contributed by atoms with E-state index in [-0.39, 0.29) is 18.9 Å². The molecule has 3 atom stereocenters. The largest absolute Gasteiger partial charge is 0.417 e. The second-order valence-corrected chi connectivity index (χ2v) is 11.2. The van der Waals surface area contributed by atoms with Gasteiger partial charge in [-0.05, 0) is 50.7 Å². The number of alkyl halides is 3. The molecule has 3 fully saturated rings. The average Bonchev–Trinajstić information content (AvgIpc) is 3.13. The van der Waals surface area contributed by atoms with Gasteiger partial charge in [0.2, 0.25) is 5.91 Å². The monoisotopic (exact) mass is 470 g/mol. The number of carbonyl (C=O) groups is 1. The van der Waals surface area contributed by atoms with Gasteiger partial charge in [-0.2, -0.15) is 18.4 Å². The molecule has 1 unspecified atom stereocenters. The van der Waals surface area contributed by atoms with E-state index in [1.807, 2.05) is 0 Å². The second kappa shape index (κ2) is 8.34. The van der Waals surface area contributed by atoms with Gasteiger partial charge in [0.15, 0.2) is 9.84 Å². The van der Waals surface area contributed by atoms with Gasteiger partial charge in [-0.3, -0.25) is 4.79 Å². The summed E-state index contributed by atoms with van der Waals surface area (Å²) in [6, 6.07) is 6.20. The molecule has 3 aliphatic carbocycles. The first-order valence-corrected chi connectivity index (χ1v) is 12.4. The molecule has 1 aromatic carbocycles. The van der Waals surface area contributed by atoms with Gasteiger partial charge >= 0.3 is 6.18 Å². The van der Waals surface area contributed by atoms with E-state index in [4.69, 9.17) is 4.74 Å². The Kier molecular flexibility index (Phi) is 6.01. The fourth-order valence-corrected chi connectivity index (χ4v) is 6.77. The van der Waals surface area contributed by atoms with Crippen LogP contribution in [0.1, 0.15) is 56.9 Å².